The summed E-state index contributed by atoms with van der Waals surface area (Å²) < 4.78 is 0. The Hall–Kier alpha value is -0.970. The van der Waals surface area contributed by atoms with Crippen LogP contribution in [0.1, 0.15) is 19.3 Å². The van der Waals surface area contributed by atoms with Gasteiger partial charge in [0.05, 0.1) is 22.3 Å². The summed E-state index contributed by atoms with van der Waals surface area (Å²) in [6, 6.07) is 3.14. The first kappa shape index (κ1) is 15.4. The molecule has 0 heterocycles. The largest absolute Gasteiger partial charge is 0.399 e. The Morgan fingerprint density at radius 2 is 2.00 bits per heavy atom. The van der Waals surface area contributed by atoms with Gasteiger partial charge < -0.3 is 11.1 Å². The number of anilines is 2. The van der Waals surface area contributed by atoms with Crippen molar-refractivity contribution in [1.29, 1.82) is 0 Å². The lowest BCUT2D eigenvalue weighted by atomic mass is 9.85. The maximum absolute atomic E-state index is 12.0. The van der Waals surface area contributed by atoms with E-state index in [2.05, 4.69) is 5.32 Å². The second-order valence-electron chi connectivity index (χ2n) is 5.40. The fraction of sp³-hybridized carbons (Fsp3) is 0.500. The van der Waals surface area contributed by atoms with Gasteiger partial charge in [-0.1, -0.05) is 29.6 Å². The maximum Gasteiger partial charge on any atom is 0.238 e. The van der Waals surface area contributed by atoms with Crippen LogP contribution in [0.25, 0.3) is 0 Å². The fourth-order valence-electron chi connectivity index (χ4n) is 2.32. The molecule has 1 amide bonds. The number of nitrogens with zero attached hydrogens (tertiary/aromatic N) is 1. The van der Waals surface area contributed by atoms with Gasteiger partial charge in [0.2, 0.25) is 5.91 Å². The zero-order chi connectivity index (χ0) is 14.7. The molecule has 110 valence electrons. The van der Waals surface area contributed by atoms with E-state index in [9.17, 15) is 4.79 Å². The molecule has 0 atom stereocenters. The van der Waals surface area contributed by atoms with Crippen LogP contribution in [0.4, 0.5) is 11.4 Å². The highest BCUT2D eigenvalue weighted by molar-refractivity contribution is 6.40. The van der Waals surface area contributed by atoms with Crippen LogP contribution >= 0.6 is 23.2 Å². The normalized spacial score (nSPS) is 15.2. The van der Waals surface area contributed by atoms with E-state index in [0.717, 1.165) is 12.5 Å². The van der Waals surface area contributed by atoms with Gasteiger partial charge in [0.15, 0.2) is 0 Å². The van der Waals surface area contributed by atoms with Crippen LogP contribution in [0.5, 0.6) is 0 Å². The SMILES string of the molecule is CN(CC(=O)Nc1c(Cl)cc(N)cc1Cl)CC1CCC1. The van der Waals surface area contributed by atoms with Gasteiger partial charge in [-0.05, 0) is 37.9 Å². The lowest BCUT2D eigenvalue weighted by Crippen LogP contribution is -2.35. The highest BCUT2D eigenvalue weighted by atomic mass is 35.5. The van der Waals surface area contributed by atoms with Crippen LogP contribution in [0.3, 0.4) is 0 Å². The van der Waals surface area contributed by atoms with Crippen LogP contribution in [0.2, 0.25) is 10.0 Å². The average Bonchev–Trinajstić information content (AvgIpc) is 2.28. The molecular weight excluding hydrogens is 297 g/mol. The molecule has 1 aromatic rings. The van der Waals surface area contributed by atoms with Gasteiger partial charge in [-0.25, -0.2) is 0 Å². The number of amides is 1. The Balaban J connectivity index is 1.90. The van der Waals surface area contributed by atoms with Crippen molar-refractivity contribution in [3.05, 3.63) is 22.2 Å². The smallest absolute Gasteiger partial charge is 0.238 e. The first-order chi connectivity index (χ1) is 9.45. The third-order valence-corrected chi connectivity index (χ3v) is 4.13. The quantitative estimate of drug-likeness (QED) is 0.820. The van der Waals surface area contributed by atoms with Gasteiger partial charge in [-0.15, -0.1) is 0 Å². The average molecular weight is 316 g/mol. The number of nitrogens with one attached hydrogen (secondary N) is 1. The molecule has 6 heteroatoms. The van der Waals surface area contributed by atoms with E-state index < -0.39 is 0 Å². The second-order valence-corrected chi connectivity index (χ2v) is 6.22. The van der Waals surface area contributed by atoms with Gasteiger partial charge >= 0.3 is 0 Å². The van der Waals surface area contributed by atoms with Gasteiger partial charge in [0, 0.05) is 12.2 Å². The minimum atomic E-state index is -0.125. The monoisotopic (exact) mass is 315 g/mol. The molecule has 0 aliphatic heterocycles. The maximum atomic E-state index is 12.0. The molecular formula is C14H19Cl2N3O. The van der Waals surface area contributed by atoms with Gasteiger partial charge in [0.1, 0.15) is 0 Å². The number of nitrogen functional groups attached to an aromatic ring is 1. The summed E-state index contributed by atoms with van der Waals surface area (Å²) >= 11 is 12.1. The van der Waals surface area contributed by atoms with E-state index >= 15 is 0 Å². The summed E-state index contributed by atoms with van der Waals surface area (Å²) in [5.41, 5.74) is 6.52. The standard InChI is InChI=1S/C14H19Cl2N3O/c1-19(7-9-3-2-4-9)8-13(20)18-14-11(15)5-10(17)6-12(14)16/h5-6,9H,2-4,7-8,17H2,1H3,(H,18,20). The molecule has 1 saturated carbocycles. The molecule has 0 bridgehead atoms. The molecule has 3 N–H and O–H groups in total. The van der Waals surface area contributed by atoms with Gasteiger partial charge in [-0.2, -0.15) is 0 Å². The first-order valence-electron chi connectivity index (χ1n) is 6.68. The third kappa shape index (κ3) is 4.01. The molecule has 1 aromatic carbocycles. The molecule has 1 aliphatic carbocycles. The summed E-state index contributed by atoms with van der Waals surface area (Å²) in [5, 5.41) is 3.45. The Labute approximate surface area is 129 Å². The van der Waals surface area contributed by atoms with Crippen molar-refractivity contribution in [2.45, 2.75) is 19.3 Å². The van der Waals surface area contributed by atoms with E-state index in [4.69, 9.17) is 28.9 Å². The topological polar surface area (TPSA) is 58.4 Å². The molecule has 0 saturated heterocycles. The molecule has 1 fully saturated rings. The van der Waals surface area contributed by atoms with E-state index in [0.29, 0.717) is 28.0 Å². The number of carbonyl (C=O) groups is 1. The van der Waals surface area contributed by atoms with Crippen LogP contribution in [-0.2, 0) is 4.79 Å². The minimum Gasteiger partial charge on any atom is -0.399 e. The van der Waals surface area contributed by atoms with Crippen LogP contribution in [0.15, 0.2) is 12.1 Å². The predicted molar refractivity (Wildman–Crippen MR) is 84.3 cm³/mol. The highest BCUT2D eigenvalue weighted by Gasteiger charge is 2.20. The Morgan fingerprint density at radius 1 is 1.40 bits per heavy atom. The summed E-state index contributed by atoms with van der Waals surface area (Å²) in [7, 11) is 1.95. The molecule has 0 unspecified atom stereocenters. The first-order valence-corrected chi connectivity index (χ1v) is 7.44. The van der Waals surface area contributed by atoms with Gasteiger partial charge in [-0.3, -0.25) is 9.69 Å². The van der Waals surface area contributed by atoms with Crippen LogP contribution in [-0.4, -0.2) is 30.9 Å². The number of nitrogens with two attached hydrogens (primary N) is 1. The molecule has 2 rings (SSSR count). The van der Waals surface area contributed by atoms with E-state index in [1.807, 2.05) is 11.9 Å². The minimum absolute atomic E-state index is 0.125. The number of hydrogen-bond acceptors (Lipinski definition) is 3. The molecule has 20 heavy (non-hydrogen) atoms. The molecule has 4 nitrogen and oxygen atoms in total. The summed E-state index contributed by atoms with van der Waals surface area (Å²) in [5.74, 6) is 0.608. The zero-order valence-electron chi connectivity index (χ0n) is 11.5. The summed E-state index contributed by atoms with van der Waals surface area (Å²) in [4.78, 5) is 14.0. The number of halogens is 2. The van der Waals surface area contributed by atoms with E-state index in [1.165, 1.54) is 19.3 Å². The lowest BCUT2D eigenvalue weighted by Gasteiger charge is -2.29. The molecule has 1 aliphatic rings. The lowest BCUT2D eigenvalue weighted by molar-refractivity contribution is -0.117. The van der Waals surface area contributed by atoms with E-state index in [-0.39, 0.29) is 5.91 Å². The highest BCUT2D eigenvalue weighted by Crippen LogP contribution is 2.32. The van der Waals surface area contributed by atoms with E-state index in [1.54, 1.807) is 12.1 Å². The van der Waals surface area contributed by atoms with Crippen molar-refractivity contribution in [3.63, 3.8) is 0 Å². The van der Waals surface area contributed by atoms with Gasteiger partial charge in [0.25, 0.3) is 0 Å². The number of likely N-dealkylation sites (N-methyl/N-ethyl adjacent to an activating group) is 1. The van der Waals surface area contributed by atoms with Crippen molar-refractivity contribution in [2.75, 3.05) is 31.2 Å². The summed E-state index contributed by atoms with van der Waals surface area (Å²) in [6.45, 7) is 1.28. The predicted octanol–water partition coefficient (Wildman–Crippen LogP) is 3.25. The molecule has 0 radical (unpaired) electrons. The Morgan fingerprint density at radius 3 is 2.50 bits per heavy atom. The number of carbonyl (C=O) groups excluding carboxylic acids is 1. The van der Waals surface area contributed by atoms with Crippen molar-refractivity contribution >= 4 is 40.5 Å². The van der Waals surface area contributed by atoms with Crippen LogP contribution in [0, 0.1) is 5.92 Å². The van der Waals surface area contributed by atoms with Crippen molar-refractivity contribution in [2.24, 2.45) is 5.92 Å². The van der Waals surface area contributed by atoms with Crippen LogP contribution < -0.4 is 11.1 Å². The second kappa shape index (κ2) is 6.66. The Bertz CT molecular complexity index is 480. The summed E-state index contributed by atoms with van der Waals surface area (Å²) in [6.07, 6.45) is 3.84. The number of hydrogen-bond donors (Lipinski definition) is 2. The molecule has 0 spiro atoms. The third-order valence-electron chi connectivity index (χ3n) is 3.54. The zero-order valence-corrected chi connectivity index (χ0v) is 13.0. The van der Waals surface area contributed by atoms with Crippen molar-refractivity contribution < 1.29 is 4.79 Å². The molecule has 0 aromatic heterocycles. The number of benzene rings is 1. The fourth-order valence-corrected chi connectivity index (χ4v) is 2.92. The number of rotatable bonds is 5. The van der Waals surface area contributed by atoms with Crippen molar-refractivity contribution in [1.82, 2.24) is 4.90 Å². The van der Waals surface area contributed by atoms with Crippen molar-refractivity contribution in [3.8, 4) is 0 Å². The Kier molecular flexibility index (Phi) is 5.13.